The van der Waals surface area contributed by atoms with E-state index in [9.17, 15) is 4.79 Å². The molecule has 0 amide bonds. The Kier molecular flexibility index (Phi) is 5.23. The van der Waals surface area contributed by atoms with Crippen LogP contribution in [0.15, 0.2) is 95.9 Å². The van der Waals surface area contributed by atoms with Crippen LogP contribution in [0.25, 0.3) is 44.3 Å². The minimum atomic E-state index is -0.246. The molecule has 3 heterocycles. The molecule has 6 aromatic rings. The molecule has 7 nitrogen and oxygen atoms in total. The molecule has 38 heavy (non-hydrogen) atoms. The highest BCUT2D eigenvalue weighted by molar-refractivity contribution is 5.98. The third kappa shape index (κ3) is 3.81. The van der Waals surface area contributed by atoms with Gasteiger partial charge in [-0.2, -0.15) is 0 Å². The van der Waals surface area contributed by atoms with E-state index in [2.05, 4.69) is 21.7 Å². The van der Waals surface area contributed by atoms with Crippen LogP contribution in [0, 0.1) is 0 Å². The number of hydrogen-bond donors (Lipinski definition) is 2. The van der Waals surface area contributed by atoms with Gasteiger partial charge in [-0.15, -0.1) is 0 Å². The van der Waals surface area contributed by atoms with Crippen LogP contribution in [0.2, 0.25) is 0 Å². The number of aromatic amines is 1. The topological polar surface area (TPSA) is 95.2 Å². The molecular weight excluding hydrogens is 476 g/mol. The second-order valence-corrected chi connectivity index (χ2v) is 9.43. The number of H-pyrrole nitrogens is 1. The normalized spacial score (nSPS) is 12.4. The Bertz CT molecular complexity index is 1890. The van der Waals surface area contributed by atoms with Crippen molar-refractivity contribution in [3.63, 3.8) is 0 Å². The number of benzene rings is 4. The first-order valence-electron chi connectivity index (χ1n) is 12.5. The van der Waals surface area contributed by atoms with E-state index in [1.807, 2.05) is 79.0 Å². The summed E-state index contributed by atoms with van der Waals surface area (Å²) in [5, 5.41) is 0.877. The zero-order valence-electron chi connectivity index (χ0n) is 20.5. The summed E-state index contributed by atoms with van der Waals surface area (Å²) in [6.45, 7) is 1.26. The molecule has 2 aromatic heterocycles. The minimum Gasteiger partial charge on any atom is -0.454 e. The fourth-order valence-corrected chi connectivity index (χ4v) is 5.13. The number of nitrogens with one attached hydrogen (secondary N) is 1. The van der Waals surface area contributed by atoms with Gasteiger partial charge in [0.05, 0.1) is 16.6 Å². The number of nitrogens with zero attached hydrogens (tertiary/aromatic N) is 2. The maximum atomic E-state index is 13.4. The van der Waals surface area contributed by atoms with Crippen molar-refractivity contribution < 1.29 is 9.47 Å². The summed E-state index contributed by atoms with van der Waals surface area (Å²) >= 11 is 0. The van der Waals surface area contributed by atoms with Crippen molar-refractivity contribution in [1.82, 2.24) is 14.5 Å². The fourth-order valence-electron chi connectivity index (χ4n) is 5.13. The highest BCUT2D eigenvalue weighted by Crippen LogP contribution is 2.40. The average Bonchev–Trinajstić information content (AvgIpc) is 3.56. The van der Waals surface area contributed by atoms with E-state index in [1.54, 1.807) is 0 Å². The van der Waals surface area contributed by atoms with Crippen molar-refractivity contribution in [3.8, 4) is 33.9 Å². The molecule has 186 valence electrons. The SMILES string of the molecule is NCc1cccc(Cn2cc(-c3nc4ccc(-c5ccccc5)cc4[nH]c3=O)c3cc4c(cc32)OCO4)c1. The Labute approximate surface area is 218 Å². The van der Waals surface area contributed by atoms with Crippen LogP contribution < -0.4 is 20.8 Å². The molecule has 0 unspecified atom stereocenters. The Morgan fingerprint density at radius 2 is 1.68 bits per heavy atom. The van der Waals surface area contributed by atoms with Crippen molar-refractivity contribution >= 4 is 21.9 Å². The summed E-state index contributed by atoms with van der Waals surface area (Å²) < 4.78 is 13.4. The predicted octanol–water partition coefficient (Wildman–Crippen LogP) is 5.45. The van der Waals surface area contributed by atoms with Gasteiger partial charge in [0.2, 0.25) is 6.79 Å². The molecule has 0 spiro atoms. The largest absolute Gasteiger partial charge is 0.454 e. The molecule has 0 atom stereocenters. The lowest BCUT2D eigenvalue weighted by molar-refractivity contribution is 0.174. The van der Waals surface area contributed by atoms with Crippen LogP contribution in [0.3, 0.4) is 0 Å². The van der Waals surface area contributed by atoms with Gasteiger partial charge in [-0.05, 0) is 40.5 Å². The zero-order valence-corrected chi connectivity index (χ0v) is 20.5. The van der Waals surface area contributed by atoms with E-state index in [-0.39, 0.29) is 12.4 Å². The molecule has 7 heteroatoms. The van der Waals surface area contributed by atoms with E-state index in [1.165, 1.54) is 0 Å². The maximum absolute atomic E-state index is 13.4. The Balaban J connectivity index is 1.38. The lowest BCUT2D eigenvalue weighted by Gasteiger charge is -2.08. The number of aromatic nitrogens is 3. The highest BCUT2D eigenvalue weighted by Gasteiger charge is 2.21. The molecule has 0 saturated carbocycles. The maximum Gasteiger partial charge on any atom is 0.275 e. The number of ether oxygens (including phenoxy) is 2. The van der Waals surface area contributed by atoms with Crippen molar-refractivity contribution in [2.75, 3.05) is 6.79 Å². The first kappa shape index (κ1) is 22.3. The van der Waals surface area contributed by atoms with Gasteiger partial charge in [-0.1, -0.05) is 60.7 Å². The Morgan fingerprint density at radius 3 is 2.53 bits per heavy atom. The highest BCUT2D eigenvalue weighted by atomic mass is 16.7. The van der Waals surface area contributed by atoms with Gasteiger partial charge in [0.15, 0.2) is 11.5 Å². The van der Waals surface area contributed by atoms with Gasteiger partial charge in [0.25, 0.3) is 5.56 Å². The molecule has 0 radical (unpaired) electrons. The molecule has 0 aliphatic carbocycles. The molecule has 3 N–H and O–H groups in total. The van der Waals surface area contributed by atoms with E-state index in [0.717, 1.165) is 44.2 Å². The summed E-state index contributed by atoms with van der Waals surface area (Å²) in [6.07, 6.45) is 1.98. The number of rotatable bonds is 5. The smallest absolute Gasteiger partial charge is 0.275 e. The summed E-state index contributed by atoms with van der Waals surface area (Å²) in [4.78, 5) is 21.3. The first-order valence-corrected chi connectivity index (χ1v) is 12.5. The van der Waals surface area contributed by atoms with Gasteiger partial charge < -0.3 is 24.8 Å². The number of hydrogen-bond acceptors (Lipinski definition) is 5. The minimum absolute atomic E-state index is 0.175. The van der Waals surface area contributed by atoms with Gasteiger partial charge >= 0.3 is 0 Å². The van der Waals surface area contributed by atoms with Crippen molar-refractivity contribution in [3.05, 3.63) is 113 Å². The summed E-state index contributed by atoms with van der Waals surface area (Å²) in [7, 11) is 0. The summed E-state index contributed by atoms with van der Waals surface area (Å²) in [6, 6.07) is 28.1. The number of fused-ring (bicyclic) bond motifs is 3. The lowest BCUT2D eigenvalue weighted by atomic mass is 10.0. The summed E-state index contributed by atoms with van der Waals surface area (Å²) in [5.41, 5.74) is 13.4. The number of nitrogens with two attached hydrogens (primary N) is 1. The Hall–Kier alpha value is -4.88. The van der Waals surface area contributed by atoms with Crippen LogP contribution in [-0.4, -0.2) is 21.3 Å². The average molecular weight is 501 g/mol. The van der Waals surface area contributed by atoms with Crippen molar-refractivity contribution in [2.45, 2.75) is 13.1 Å². The monoisotopic (exact) mass is 500 g/mol. The third-order valence-electron chi connectivity index (χ3n) is 7.01. The predicted molar refractivity (Wildman–Crippen MR) is 148 cm³/mol. The van der Waals surface area contributed by atoms with Crippen molar-refractivity contribution in [2.24, 2.45) is 5.73 Å². The molecule has 4 aromatic carbocycles. The molecule has 0 bridgehead atoms. The third-order valence-corrected chi connectivity index (χ3v) is 7.01. The van der Waals surface area contributed by atoms with Crippen LogP contribution in [0.1, 0.15) is 11.1 Å². The van der Waals surface area contributed by atoms with E-state index < -0.39 is 0 Å². The fraction of sp³-hybridized carbons (Fsp3) is 0.0968. The molecule has 0 saturated heterocycles. The van der Waals surface area contributed by atoms with Gasteiger partial charge in [-0.3, -0.25) is 4.79 Å². The van der Waals surface area contributed by atoms with Crippen LogP contribution >= 0.6 is 0 Å². The second-order valence-electron chi connectivity index (χ2n) is 9.43. The molecule has 1 aliphatic heterocycles. The quantitative estimate of drug-likeness (QED) is 0.328. The lowest BCUT2D eigenvalue weighted by Crippen LogP contribution is -2.11. The van der Waals surface area contributed by atoms with Gasteiger partial charge in [-0.25, -0.2) is 4.98 Å². The van der Waals surface area contributed by atoms with E-state index in [0.29, 0.717) is 35.8 Å². The summed E-state index contributed by atoms with van der Waals surface area (Å²) in [5.74, 6) is 1.35. The first-order chi connectivity index (χ1) is 18.7. The molecular formula is C31H24N4O3. The van der Waals surface area contributed by atoms with E-state index in [4.69, 9.17) is 20.2 Å². The standard InChI is InChI=1S/C31H24N4O3/c32-15-19-5-4-6-20(11-19)16-35-17-24(23-13-28-29(14-27(23)35)38-18-37-28)30-31(36)34-26-12-22(9-10-25(26)33-30)21-7-2-1-3-8-21/h1-14,17H,15-16,18,32H2,(H,34,36). The molecule has 7 rings (SSSR count). The van der Waals surface area contributed by atoms with Crippen LogP contribution in [-0.2, 0) is 13.1 Å². The van der Waals surface area contributed by atoms with Gasteiger partial charge in [0, 0.05) is 36.3 Å². The van der Waals surface area contributed by atoms with Crippen molar-refractivity contribution in [1.29, 1.82) is 0 Å². The van der Waals surface area contributed by atoms with Crippen LogP contribution in [0.5, 0.6) is 11.5 Å². The van der Waals surface area contributed by atoms with Crippen LogP contribution in [0.4, 0.5) is 0 Å². The zero-order chi connectivity index (χ0) is 25.6. The second kappa shape index (κ2) is 8.90. The Morgan fingerprint density at radius 1 is 0.868 bits per heavy atom. The molecule has 1 aliphatic rings. The van der Waals surface area contributed by atoms with Gasteiger partial charge in [0.1, 0.15) is 5.69 Å². The van der Waals surface area contributed by atoms with E-state index >= 15 is 0 Å². The molecule has 0 fully saturated rings.